The summed E-state index contributed by atoms with van der Waals surface area (Å²) in [7, 11) is 0. The fraction of sp³-hybridized carbons (Fsp3) is 0. The van der Waals surface area contributed by atoms with Gasteiger partial charge in [-0.25, -0.2) is 9.97 Å². The molecule has 11 rings (SSSR count). The Hall–Kier alpha value is -5.94. The first-order valence-electron chi connectivity index (χ1n) is 14.4. The van der Waals surface area contributed by atoms with Crippen molar-refractivity contribution in [3.63, 3.8) is 0 Å². The van der Waals surface area contributed by atoms with Crippen LogP contribution in [0.4, 0.5) is 0 Å². The van der Waals surface area contributed by atoms with Gasteiger partial charge in [-0.3, -0.25) is 4.57 Å². The third kappa shape index (κ3) is 2.59. The average molecular weight is 550 g/mol. The lowest BCUT2D eigenvalue weighted by molar-refractivity contribution is 0.669. The third-order valence-electron chi connectivity index (χ3n) is 9.12. The van der Waals surface area contributed by atoms with Crippen molar-refractivity contribution in [2.45, 2.75) is 0 Å². The molecule has 5 nitrogen and oxygen atoms in total. The summed E-state index contributed by atoms with van der Waals surface area (Å²) in [5, 5.41) is 9.12. The van der Waals surface area contributed by atoms with Crippen LogP contribution in [-0.4, -0.2) is 14.5 Å². The summed E-state index contributed by atoms with van der Waals surface area (Å²) in [6, 6.07) is 39.7. The number of hydrogen-bond acceptors (Lipinski definition) is 4. The lowest BCUT2D eigenvalue weighted by Gasteiger charge is -2.13. The molecule has 4 heterocycles. The predicted octanol–water partition coefficient (Wildman–Crippen LogP) is 10.2. The smallest absolute Gasteiger partial charge is 0.165 e. The molecule has 0 unspecified atom stereocenters. The number of para-hydroxylation sites is 2. The summed E-state index contributed by atoms with van der Waals surface area (Å²) in [6.07, 6.45) is 0. The van der Waals surface area contributed by atoms with Crippen LogP contribution in [0.25, 0.3) is 105 Å². The van der Waals surface area contributed by atoms with E-state index in [2.05, 4.69) is 89.5 Å². The fourth-order valence-corrected chi connectivity index (χ4v) is 7.42. The van der Waals surface area contributed by atoms with Gasteiger partial charge in [-0.2, -0.15) is 0 Å². The van der Waals surface area contributed by atoms with E-state index < -0.39 is 0 Å². The molecule has 0 atom stereocenters. The molecule has 0 bridgehead atoms. The van der Waals surface area contributed by atoms with E-state index in [4.69, 9.17) is 18.8 Å². The second kappa shape index (κ2) is 7.46. The van der Waals surface area contributed by atoms with Gasteiger partial charge < -0.3 is 8.83 Å². The van der Waals surface area contributed by atoms with Gasteiger partial charge in [0.05, 0.1) is 22.1 Å². The SMILES string of the molecule is c1ccc(-c2nc3ccccc3nc2-n2c3ccc4oc5cccc6c7cccc8oc9ccc2c(c9c87)c3c4c56)cc1. The zero-order chi connectivity index (χ0) is 27.8. The van der Waals surface area contributed by atoms with Crippen molar-refractivity contribution in [1.29, 1.82) is 0 Å². The van der Waals surface area contributed by atoms with Gasteiger partial charge in [-0.15, -0.1) is 0 Å². The van der Waals surface area contributed by atoms with Crippen LogP contribution >= 0.6 is 0 Å². The molecule has 0 spiro atoms. The topological polar surface area (TPSA) is 57.0 Å². The van der Waals surface area contributed by atoms with E-state index >= 15 is 0 Å². The highest BCUT2D eigenvalue weighted by Crippen LogP contribution is 2.50. The average Bonchev–Trinajstić information content (AvgIpc) is 3.72. The zero-order valence-electron chi connectivity index (χ0n) is 22.6. The Morgan fingerprint density at radius 3 is 1.56 bits per heavy atom. The zero-order valence-corrected chi connectivity index (χ0v) is 22.6. The first-order chi connectivity index (χ1) is 21.3. The summed E-state index contributed by atoms with van der Waals surface area (Å²) in [5.74, 6) is 0.795. The molecule has 0 N–H and O–H groups in total. The van der Waals surface area contributed by atoms with Crippen molar-refractivity contribution >= 4 is 87.5 Å². The van der Waals surface area contributed by atoms with Crippen molar-refractivity contribution in [2.24, 2.45) is 0 Å². The van der Waals surface area contributed by atoms with Gasteiger partial charge in [-0.05, 0) is 59.3 Å². The monoisotopic (exact) mass is 549 g/mol. The number of aromatic nitrogens is 3. The van der Waals surface area contributed by atoms with E-state index in [1.807, 2.05) is 30.3 Å². The van der Waals surface area contributed by atoms with Crippen LogP contribution in [0.5, 0.6) is 0 Å². The Bertz CT molecular complexity index is 2750. The van der Waals surface area contributed by atoms with E-state index in [0.717, 1.165) is 105 Å². The summed E-state index contributed by atoms with van der Waals surface area (Å²) in [5.41, 5.74) is 9.20. The second-order valence-electron chi connectivity index (χ2n) is 11.3. The Balaban J connectivity index is 1.46. The highest BCUT2D eigenvalue weighted by molar-refractivity contribution is 6.41. The molecule has 0 fully saturated rings. The lowest BCUT2D eigenvalue weighted by atomic mass is 9.95. The number of fused-ring (bicyclic) bond motifs is 2. The molecule has 0 saturated heterocycles. The van der Waals surface area contributed by atoms with E-state index in [9.17, 15) is 0 Å². The second-order valence-corrected chi connectivity index (χ2v) is 11.3. The maximum absolute atomic E-state index is 6.53. The van der Waals surface area contributed by atoms with Crippen molar-refractivity contribution in [2.75, 3.05) is 0 Å². The third-order valence-corrected chi connectivity index (χ3v) is 9.12. The molecule has 0 saturated carbocycles. The Morgan fingerprint density at radius 1 is 0.419 bits per heavy atom. The number of benzene rings is 6. The molecule has 198 valence electrons. The van der Waals surface area contributed by atoms with Gasteiger partial charge in [0, 0.05) is 37.9 Å². The standard InChI is InChI=1S/C38H19N3O2/c1-2-8-20(9-3-1)37-38(40-24-13-5-4-12-23(24)39-37)41-25-16-18-29-35-31-21(10-6-14-27(31)42-29)22-11-7-15-28-32(22)36-30(43-28)19-17-26(41)34(36)33(25)35/h1-19H. The van der Waals surface area contributed by atoms with Gasteiger partial charge in [0.15, 0.2) is 5.82 Å². The first kappa shape index (κ1) is 21.8. The summed E-state index contributed by atoms with van der Waals surface area (Å²) in [4.78, 5) is 10.5. The van der Waals surface area contributed by atoms with Gasteiger partial charge >= 0.3 is 0 Å². The van der Waals surface area contributed by atoms with Crippen LogP contribution in [0.15, 0.2) is 124 Å². The normalized spacial score (nSPS) is 12.7. The maximum Gasteiger partial charge on any atom is 0.165 e. The highest BCUT2D eigenvalue weighted by Gasteiger charge is 2.27. The molecule has 0 aliphatic rings. The largest absolute Gasteiger partial charge is 0.456 e. The minimum atomic E-state index is 0.795. The van der Waals surface area contributed by atoms with Crippen molar-refractivity contribution < 1.29 is 8.83 Å². The number of hydrogen-bond donors (Lipinski definition) is 0. The van der Waals surface area contributed by atoms with E-state index in [-0.39, 0.29) is 0 Å². The molecule has 5 heteroatoms. The van der Waals surface area contributed by atoms with Crippen LogP contribution in [0.3, 0.4) is 0 Å². The Kier molecular flexibility index (Phi) is 3.78. The molecular formula is C38H19N3O2. The van der Waals surface area contributed by atoms with Crippen molar-refractivity contribution in [1.82, 2.24) is 14.5 Å². The van der Waals surface area contributed by atoms with E-state index in [1.54, 1.807) is 0 Å². The van der Waals surface area contributed by atoms with Crippen molar-refractivity contribution in [3.05, 3.63) is 115 Å². The van der Waals surface area contributed by atoms with Crippen LogP contribution in [-0.2, 0) is 0 Å². The Labute approximate surface area is 242 Å². The quantitative estimate of drug-likeness (QED) is 0.215. The minimum absolute atomic E-state index is 0.795. The highest BCUT2D eigenvalue weighted by atomic mass is 16.3. The van der Waals surface area contributed by atoms with Crippen molar-refractivity contribution in [3.8, 4) is 17.1 Å². The van der Waals surface area contributed by atoms with Gasteiger partial charge in [0.1, 0.15) is 28.0 Å². The molecule has 0 aliphatic heterocycles. The Morgan fingerprint density at radius 2 is 0.953 bits per heavy atom. The van der Waals surface area contributed by atoms with Crippen LogP contribution in [0.1, 0.15) is 0 Å². The van der Waals surface area contributed by atoms with E-state index in [0.29, 0.717) is 0 Å². The van der Waals surface area contributed by atoms with Crippen LogP contribution < -0.4 is 0 Å². The molecule has 43 heavy (non-hydrogen) atoms. The molecule has 11 aromatic rings. The number of furan rings is 2. The molecule has 0 amide bonds. The molecular weight excluding hydrogens is 530 g/mol. The first-order valence-corrected chi connectivity index (χ1v) is 14.4. The van der Waals surface area contributed by atoms with Gasteiger partial charge in [0.2, 0.25) is 0 Å². The van der Waals surface area contributed by atoms with Gasteiger partial charge in [0.25, 0.3) is 0 Å². The van der Waals surface area contributed by atoms with Crippen LogP contribution in [0, 0.1) is 0 Å². The minimum Gasteiger partial charge on any atom is -0.456 e. The summed E-state index contributed by atoms with van der Waals surface area (Å²) < 4.78 is 15.4. The lowest BCUT2D eigenvalue weighted by Crippen LogP contribution is -2.03. The predicted molar refractivity (Wildman–Crippen MR) is 174 cm³/mol. The number of nitrogens with zero attached hydrogens (tertiary/aromatic N) is 3. The number of rotatable bonds is 2. The van der Waals surface area contributed by atoms with Crippen LogP contribution in [0.2, 0.25) is 0 Å². The molecule has 0 radical (unpaired) electrons. The summed E-state index contributed by atoms with van der Waals surface area (Å²) in [6.45, 7) is 0. The summed E-state index contributed by atoms with van der Waals surface area (Å²) >= 11 is 0. The van der Waals surface area contributed by atoms with Gasteiger partial charge in [-0.1, -0.05) is 66.7 Å². The molecule has 4 aromatic heterocycles. The fourth-order valence-electron chi connectivity index (χ4n) is 7.42. The maximum atomic E-state index is 6.53. The molecule has 7 aromatic carbocycles. The van der Waals surface area contributed by atoms with E-state index in [1.165, 1.54) is 0 Å². The molecule has 0 aliphatic carbocycles.